The van der Waals surface area contributed by atoms with E-state index in [2.05, 4.69) is 50.0 Å². The van der Waals surface area contributed by atoms with Gasteiger partial charge in [0.1, 0.15) is 11.4 Å². The molecule has 1 saturated carbocycles. The van der Waals surface area contributed by atoms with E-state index < -0.39 is 5.97 Å². The minimum Gasteiger partial charge on any atom is -0.507 e. The summed E-state index contributed by atoms with van der Waals surface area (Å²) in [6, 6.07) is 13.6. The smallest absolute Gasteiger partial charge is 0.354 e. The Bertz CT molecular complexity index is 1090. The van der Waals surface area contributed by atoms with Crippen molar-refractivity contribution >= 4 is 16.7 Å². The predicted molar refractivity (Wildman–Crippen MR) is 120 cm³/mol. The van der Waals surface area contributed by atoms with Crippen molar-refractivity contribution in [3.63, 3.8) is 0 Å². The number of fused-ring (bicyclic) bond motifs is 1. The number of carbonyl (C=O) groups is 1. The molecule has 0 radical (unpaired) electrons. The number of benzene rings is 2. The first-order valence-electron chi connectivity index (χ1n) is 10.7. The normalized spacial score (nSPS) is 15.0. The third-order valence-corrected chi connectivity index (χ3v) is 6.29. The van der Waals surface area contributed by atoms with E-state index in [1.54, 1.807) is 6.07 Å². The summed E-state index contributed by atoms with van der Waals surface area (Å²) >= 11 is 0. The molecule has 4 nitrogen and oxygen atoms in total. The summed E-state index contributed by atoms with van der Waals surface area (Å²) in [6.45, 7) is 6.57. The first-order chi connectivity index (χ1) is 14.2. The number of hydrogen-bond acceptors (Lipinski definition) is 3. The van der Waals surface area contributed by atoms with Crippen LogP contribution in [0, 0.1) is 5.92 Å². The average Bonchev–Trinajstić information content (AvgIpc) is 3.21. The quantitative estimate of drug-likeness (QED) is 0.533. The molecule has 0 unspecified atom stereocenters. The van der Waals surface area contributed by atoms with E-state index in [9.17, 15) is 15.0 Å². The number of phenolic OH excluding ortho intramolecular Hbond substituents is 1. The monoisotopic (exact) mass is 403 g/mol. The summed E-state index contributed by atoms with van der Waals surface area (Å²) < 4.78 is 0. The molecule has 156 valence electrons. The van der Waals surface area contributed by atoms with Gasteiger partial charge in [-0.05, 0) is 52.6 Å². The Hall–Kier alpha value is -2.88. The SMILES string of the molecule is CC(C)(C)c1ccc(-c2ccc(O)c3cc(C(=O)O)nc(CC4CCCC4)c23)cc1. The van der Waals surface area contributed by atoms with E-state index in [-0.39, 0.29) is 16.9 Å². The number of aromatic hydroxyl groups is 1. The van der Waals surface area contributed by atoms with Gasteiger partial charge in [-0.15, -0.1) is 0 Å². The van der Waals surface area contributed by atoms with Crippen molar-refractivity contribution in [1.82, 2.24) is 4.98 Å². The molecule has 2 aromatic carbocycles. The molecule has 30 heavy (non-hydrogen) atoms. The van der Waals surface area contributed by atoms with Crippen molar-refractivity contribution in [2.24, 2.45) is 5.92 Å². The van der Waals surface area contributed by atoms with Crippen LogP contribution in [0.1, 0.15) is 68.2 Å². The lowest BCUT2D eigenvalue weighted by Crippen LogP contribution is -2.10. The van der Waals surface area contributed by atoms with Gasteiger partial charge in [-0.3, -0.25) is 0 Å². The number of aromatic nitrogens is 1. The highest BCUT2D eigenvalue weighted by atomic mass is 16.4. The van der Waals surface area contributed by atoms with Crippen LogP contribution in [-0.4, -0.2) is 21.2 Å². The first-order valence-corrected chi connectivity index (χ1v) is 10.7. The van der Waals surface area contributed by atoms with Gasteiger partial charge in [-0.25, -0.2) is 9.78 Å². The molecular weight excluding hydrogens is 374 g/mol. The van der Waals surface area contributed by atoms with Gasteiger partial charge in [0, 0.05) is 10.8 Å². The van der Waals surface area contributed by atoms with E-state index in [1.807, 2.05) is 6.07 Å². The molecule has 0 bridgehead atoms. The van der Waals surface area contributed by atoms with E-state index in [0.29, 0.717) is 11.3 Å². The first kappa shape index (κ1) is 20.4. The second-order valence-electron chi connectivity index (χ2n) is 9.50. The molecular formula is C26H29NO3. The molecule has 0 amide bonds. The molecule has 0 aliphatic heterocycles. The van der Waals surface area contributed by atoms with Crippen LogP contribution >= 0.6 is 0 Å². The molecule has 1 fully saturated rings. The van der Waals surface area contributed by atoms with Crippen molar-refractivity contribution in [2.45, 2.75) is 58.3 Å². The highest BCUT2D eigenvalue weighted by Crippen LogP contribution is 2.39. The van der Waals surface area contributed by atoms with Gasteiger partial charge in [0.25, 0.3) is 0 Å². The van der Waals surface area contributed by atoms with Gasteiger partial charge < -0.3 is 10.2 Å². The Balaban J connectivity index is 1.91. The van der Waals surface area contributed by atoms with E-state index in [0.717, 1.165) is 41.5 Å². The molecule has 1 heterocycles. The molecule has 1 aliphatic rings. The summed E-state index contributed by atoms with van der Waals surface area (Å²) in [4.78, 5) is 16.2. The van der Waals surface area contributed by atoms with Crippen LogP contribution in [0.25, 0.3) is 21.9 Å². The Kier molecular flexibility index (Phi) is 5.27. The summed E-state index contributed by atoms with van der Waals surface area (Å²) in [5.74, 6) is -0.454. The number of carboxylic acid groups (broad SMARTS) is 1. The standard InChI is InChI=1S/C26H29NO3/c1-26(2,3)18-10-8-17(9-11-18)19-12-13-23(28)20-15-22(25(29)30)27-21(24(19)20)14-16-6-4-5-7-16/h8-13,15-16,28H,4-7,14H2,1-3H3,(H,29,30). The summed E-state index contributed by atoms with van der Waals surface area (Å²) in [5.41, 5.74) is 4.13. The van der Waals surface area contributed by atoms with Crippen LogP contribution in [0.4, 0.5) is 0 Å². The molecule has 4 rings (SSSR count). The maximum absolute atomic E-state index is 11.7. The number of phenols is 1. The van der Waals surface area contributed by atoms with Crippen LogP contribution < -0.4 is 0 Å². The zero-order chi connectivity index (χ0) is 21.5. The summed E-state index contributed by atoms with van der Waals surface area (Å²) in [7, 11) is 0. The number of pyridine rings is 1. The number of hydrogen-bond donors (Lipinski definition) is 2. The molecule has 2 N–H and O–H groups in total. The van der Waals surface area contributed by atoms with Crippen molar-refractivity contribution in [1.29, 1.82) is 0 Å². The molecule has 0 atom stereocenters. The second-order valence-corrected chi connectivity index (χ2v) is 9.50. The lowest BCUT2D eigenvalue weighted by molar-refractivity contribution is 0.0690. The van der Waals surface area contributed by atoms with E-state index in [1.165, 1.54) is 24.5 Å². The van der Waals surface area contributed by atoms with Gasteiger partial charge >= 0.3 is 5.97 Å². The van der Waals surface area contributed by atoms with Gasteiger partial charge in [0.15, 0.2) is 0 Å². The topological polar surface area (TPSA) is 70.4 Å². The van der Waals surface area contributed by atoms with Gasteiger partial charge in [0.2, 0.25) is 0 Å². The van der Waals surface area contributed by atoms with E-state index >= 15 is 0 Å². The van der Waals surface area contributed by atoms with Crippen LogP contribution in [0.15, 0.2) is 42.5 Å². The van der Waals surface area contributed by atoms with Crippen molar-refractivity contribution in [3.8, 4) is 16.9 Å². The van der Waals surface area contributed by atoms with Gasteiger partial charge in [0.05, 0.1) is 5.69 Å². The lowest BCUT2D eigenvalue weighted by Gasteiger charge is -2.20. The largest absolute Gasteiger partial charge is 0.507 e. The number of nitrogens with zero attached hydrogens (tertiary/aromatic N) is 1. The fourth-order valence-corrected chi connectivity index (χ4v) is 4.57. The maximum atomic E-state index is 11.7. The van der Waals surface area contributed by atoms with Crippen molar-refractivity contribution < 1.29 is 15.0 Å². The molecule has 0 spiro atoms. The second kappa shape index (κ2) is 7.75. The van der Waals surface area contributed by atoms with Crippen LogP contribution in [0.5, 0.6) is 5.75 Å². The van der Waals surface area contributed by atoms with Crippen LogP contribution in [0.2, 0.25) is 0 Å². The Morgan fingerprint density at radius 3 is 2.33 bits per heavy atom. The van der Waals surface area contributed by atoms with Gasteiger partial charge in [-0.2, -0.15) is 0 Å². The predicted octanol–water partition coefficient (Wildman–Crippen LogP) is 6.34. The van der Waals surface area contributed by atoms with Crippen molar-refractivity contribution in [3.05, 3.63) is 59.4 Å². The molecule has 1 aliphatic carbocycles. The molecule has 0 saturated heterocycles. The minimum atomic E-state index is -1.07. The highest BCUT2D eigenvalue weighted by molar-refractivity contribution is 6.04. The van der Waals surface area contributed by atoms with E-state index in [4.69, 9.17) is 0 Å². The Morgan fingerprint density at radius 1 is 1.07 bits per heavy atom. The Labute approximate surface area is 177 Å². The highest BCUT2D eigenvalue weighted by Gasteiger charge is 2.22. The zero-order valence-corrected chi connectivity index (χ0v) is 17.9. The van der Waals surface area contributed by atoms with Crippen molar-refractivity contribution in [2.75, 3.05) is 0 Å². The number of rotatable bonds is 4. The number of carboxylic acids is 1. The number of aromatic carboxylic acids is 1. The third-order valence-electron chi connectivity index (χ3n) is 6.29. The van der Waals surface area contributed by atoms with Gasteiger partial charge in [-0.1, -0.05) is 70.7 Å². The van der Waals surface area contributed by atoms with Crippen LogP contribution in [0.3, 0.4) is 0 Å². The maximum Gasteiger partial charge on any atom is 0.354 e. The fourth-order valence-electron chi connectivity index (χ4n) is 4.57. The molecule has 1 aromatic heterocycles. The minimum absolute atomic E-state index is 0.00831. The molecule has 3 aromatic rings. The molecule has 4 heteroatoms. The Morgan fingerprint density at radius 2 is 1.73 bits per heavy atom. The average molecular weight is 404 g/mol. The third kappa shape index (κ3) is 3.91. The zero-order valence-electron chi connectivity index (χ0n) is 17.9. The fraction of sp³-hybridized carbons (Fsp3) is 0.385. The summed E-state index contributed by atoms with van der Waals surface area (Å²) in [6.07, 6.45) is 5.47. The lowest BCUT2D eigenvalue weighted by atomic mass is 9.85. The van der Waals surface area contributed by atoms with Crippen LogP contribution in [-0.2, 0) is 11.8 Å². The summed E-state index contributed by atoms with van der Waals surface area (Å²) in [5, 5.41) is 21.6.